The molecule has 0 saturated carbocycles. The molecule has 0 saturated heterocycles. The van der Waals surface area contributed by atoms with Gasteiger partial charge in [0, 0.05) is 41.1 Å². The number of aromatic amines is 1. The number of unbranched alkanes of at least 4 members (excludes halogenated alkanes) is 1. The van der Waals surface area contributed by atoms with E-state index in [4.69, 9.17) is 17.2 Å². The van der Waals surface area contributed by atoms with Crippen molar-refractivity contribution in [3.8, 4) is 0 Å². The van der Waals surface area contributed by atoms with Crippen LogP contribution in [0.2, 0.25) is 0 Å². The molecule has 5 rings (SSSR count). The van der Waals surface area contributed by atoms with Crippen molar-refractivity contribution in [3.05, 3.63) is 107 Å². The van der Waals surface area contributed by atoms with Gasteiger partial charge in [-0.1, -0.05) is 66.7 Å². The fourth-order valence-corrected chi connectivity index (χ4v) is 7.23. The Morgan fingerprint density at radius 2 is 1.23 bits per heavy atom. The molecule has 13 nitrogen and oxygen atoms in total. The number of thiophene rings is 1. The van der Waals surface area contributed by atoms with Crippen molar-refractivity contribution in [1.82, 2.24) is 26.3 Å². The lowest BCUT2D eigenvalue weighted by atomic mass is 10.00. The molecule has 0 bridgehead atoms. The summed E-state index contributed by atoms with van der Waals surface area (Å²) in [6.45, 7) is 0.0957. The number of benzene rings is 3. The highest BCUT2D eigenvalue weighted by Crippen LogP contribution is 2.27. The first kappa shape index (κ1) is 38.7. The molecule has 0 spiro atoms. The second-order valence-electron chi connectivity index (χ2n) is 12.9. The zero-order valence-corrected chi connectivity index (χ0v) is 30.1. The van der Waals surface area contributed by atoms with Gasteiger partial charge in [-0.05, 0) is 65.4 Å². The maximum Gasteiger partial charge on any atom is 0.243 e. The Kier molecular flexibility index (Phi) is 13.7. The molecule has 14 heteroatoms. The molecule has 3 aromatic carbocycles. The molecule has 0 radical (unpaired) electrons. The lowest BCUT2D eigenvalue weighted by molar-refractivity contribution is -0.134. The van der Waals surface area contributed by atoms with Gasteiger partial charge in [0.05, 0.1) is 6.54 Å². The maximum absolute atomic E-state index is 14.3. The van der Waals surface area contributed by atoms with E-state index in [1.54, 1.807) is 6.20 Å². The van der Waals surface area contributed by atoms with Crippen LogP contribution in [0.25, 0.3) is 21.0 Å². The number of amides is 5. The number of hydrogen-bond acceptors (Lipinski definition) is 8. The summed E-state index contributed by atoms with van der Waals surface area (Å²) >= 11 is 1.53. The molecule has 0 fully saturated rings. The molecule has 0 aliphatic heterocycles. The van der Waals surface area contributed by atoms with Gasteiger partial charge in [0.25, 0.3) is 0 Å². The van der Waals surface area contributed by atoms with E-state index < -0.39 is 53.7 Å². The Labute approximate surface area is 311 Å². The molecular formula is C39H46N8O5S. The van der Waals surface area contributed by atoms with Crippen molar-refractivity contribution in [2.45, 2.75) is 62.7 Å². The number of carbonyl (C=O) groups is 5. The third-order valence-electron chi connectivity index (χ3n) is 9.08. The Morgan fingerprint density at radius 3 is 1.91 bits per heavy atom. The SMILES string of the molecule is NCCCC[C@@H](NC(=O)[C@H](Cc1ccccc1)NC(=O)[C@@H](Cc1c[nH]c2ccccc12)NC(=O)[C@@H](Cc1csc2ccccc12)NC(=O)CN)C(N)=O. The van der Waals surface area contributed by atoms with Gasteiger partial charge in [0.1, 0.15) is 24.2 Å². The summed E-state index contributed by atoms with van der Waals surface area (Å²) in [6.07, 6.45) is 3.59. The van der Waals surface area contributed by atoms with Crippen molar-refractivity contribution >= 4 is 61.9 Å². The molecule has 11 N–H and O–H groups in total. The zero-order valence-electron chi connectivity index (χ0n) is 29.3. The normalized spacial score (nSPS) is 13.5. The topological polar surface area (TPSA) is 227 Å². The van der Waals surface area contributed by atoms with Gasteiger partial charge in [-0.25, -0.2) is 0 Å². The summed E-state index contributed by atoms with van der Waals surface area (Å²) in [6, 6.07) is 20.1. The van der Waals surface area contributed by atoms with Crippen LogP contribution in [0.4, 0.5) is 0 Å². The molecule has 53 heavy (non-hydrogen) atoms. The fraction of sp³-hybridized carbons (Fsp3) is 0.308. The Hall–Kier alpha value is -5.57. The lowest BCUT2D eigenvalue weighted by Crippen LogP contribution is -2.59. The number of fused-ring (bicyclic) bond motifs is 2. The Bertz CT molecular complexity index is 2030. The first-order valence-electron chi connectivity index (χ1n) is 17.6. The van der Waals surface area contributed by atoms with Gasteiger partial charge in [0.2, 0.25) is 29.5 Å². The van der Waals surface area contributed by atoms with Gasteiger partial charge in [-0.3, -0.25) is 24.0 Å². The molecular weight excluding hydrogens is 693 g/mol. The number of nitrogens with one attached hydrogen (secondary N) is 5. The van der Waals surface area contributed by atoms with Crippen LogP contribution in [-0.2, 0) is 43.2 Å². The van der Waals surface area contributed by atoms with Crippen molar-refractivity contribution in [3.63, 3.8) is 0 Å². The van der Waals surface area contributed by atoms with Crippen LogP contribution in [0.1, 0.15) is 36.0 Å². The molecule has 5 aromatic rings. The van der Waals surface area contributed by atoms with Crippen molar-refractivity contribution in [2.24, 2.45) is 17.2 Å². The number of para-hydroxylation sites is 1. The molecule has 5 amide bonds. The second-order valence-corrected chi connectivity index (χ2v) is 13.8. The third kappa shape index (κ3) is 10.5. The number of rotatable bonds is 19. The van der Waals surface area contributed by atoms with Crippen molar-refractivity contribution < 1.29 is 24.0 Å². The zero-order chi connectivity index (χ0) is 37.7. The van der Waals surface area contributed by atoms with E-state index in [0.29, 0.717) is 25.8 Å². The van der Waals surface area contributed by atoms with E-state index in [2.05, 4.69) is 26.3 Å². The molecule has 0 aliphatic carbocycles. The van der Waals surface area contributed by atoms with Crippen molar-refractivity contribution in [1.29, 1.82) is 0 Å². The highest BCUT2D eigenvalue weighted by atomic mass is 32.1. The Balaban J connectivity index is 1.44. The van der Waals surface area contributed by atoms with Crippen LogP contribution < -0.4 is 38.5 Å². The third-order valence-corrected chi connectivity index (χ3v) is 10.1. The quantitative estimate of drug-likeness (QED) is 0.0587. The number of nitrogens with two attached hydrogens (primary N) is 3. The number of carbonyl (C=O) groups excluding carboxylic acids is 5. The van der Waals surface area contributed by atoms with E-state index in [0.717, 1.165) is 37.7 Å². The molecule has 278 valence electrons. The predicted molar refractivity (Wildman–Crippen MR) is 207 cm³/mol. The smallest absolute Gasteiger partial charge is 0.243 e. The summed E-state index contributed by atoms with van der Waals surface area (Å²) in [5.74, 6) is -3.07. The number of primary amides is 1. The van der Waals surface area contributed by atoms with Crippen LogP contribution in [-0.4, -0.2) is 71.8 Å². The minimum atomic E-state index is -1.18. The summed E-state index contributed by atoms with van der Waals surface area (Å²) in [7, 11) is 0. The minimum absolute atomic E-state index is 0.0587. The highest BCUT2D eigenvalue weighted by Gasteiger charge is 2.32. The summed E-state index contributed by atoms with van der Waals surface area (Å²) in [4.78, 5) is 70.4. The lowest BCUT2D eigenvalue weighted by Gasteiger charge is -2.26. The number of aromatic nitrogens is 1. The minimum Gasteiger partial charge on any atom is -0.368 e. The highest BCUT2D eigenvalue weighted by molar-refractivity contribution is 7.17. The average molecular weight is 739 g/mol. The van der Waals surface area contributed by atoms with Crippen LogP contribution >= 0.6 is 11.3 Å². The van der Waals surface area contributed by atoms with Gasteiger partial charge in [0.15, 0.2) is 0 Å². The monoisotopic (exact) mass is 738 g/mol. The first-order valence-corrected chi connectivity index (χ1v) is 18.5. The maximum atomic E-state index is 14.3. The Morgan fingerprint density at radius 1 is 0.642 bits per heavy atom. The van der Waals surface area contributed by atoms with Gasteiger partial charge < -0.3 is 43.5 Å². The average Bonchev–Trinajstić information content (AvgIpc) is 3.77. The van der Waals surface area contributed by atoms with Crippen LogP contribution in [0, 0.1) is 0 Å². The first-order chi connectivity index (χ1) is 25.7. The van der Waals surface area contributed by atoms with Gasteiger partial charge >= 0.3 is 0 Å². The van der Waals surface area contributed by atoms with Crippen LogP contribution in [0.15, 0.2) is 90.4 Å². The summed E-state index contributed by atoms with van der Waals surface area (Å²) in [5, 5.41) is 14.9. The predicted octanol–water partition coefficient (Wildman–Crippen LogP) is 1.92. The van der Waals surface area contributed by atoms with Crippen LogP contribution in [0.5, 0.6) is 0 Å². The van der Waals surface area contributed by atoms with E-state index in [1.807, 2.05) is 84.2 Å². The summed E-state index contributed by atoms with van der Waals surface area (Å²) < 4.78 is 1.03. The van der Waals surface area contributed by atoms with E-state index in [9.17, 15) is 24.0 Å². The standard InChI is InChI=1S/C39H46N8O5S/c40-17-9-8-15-30(36(42)49)45-37(50)31(18-24-10-2-1-3-11-24)46-39(52)33(19-25-22-43-29-14-6-4-12-27(25)29)47-38(51)32(44-35(48)21-41)20-26-23-53-34-16-7-5-13-28(26)34/h1-7,10-14,16,22-23,30-33,43H,8-9,15,17-21,40-41H2,(H2,42,49)(H,44,48)(H,45,50)(H,46,52)(H,47,51)/t30-,31+,32-,33-/m1/s1. The second kappa shape index (κ2) is 18.8. The van der Waals surface area contributed by atoms with E-state index in [1.165, 1.54) is 11.3 Å². The number of hydrogen-bond donors (Lipinski definition) is 8. The van der Waals surface area contributed by atoms with Crippen LogP contribution in [0.3, 0.4) is 0 Å². The number of H-pyrrole nitrogens is 1. The molecule has 2 heterocycles. The van der Waals surface area contributed by atoms with Gasteiger partial charge in [-0.15, -0.1) is 11.3 Å². The molecule has 0 unspecified atom stereocenters. The molecule has 2 aromatic heterocycles. The van der Waals surface area contributed by atoms with Crippen molar-refractivity contribution in [2.75, 3.05) is 13.1 Å². The largest absolute Gasteiger partial charge is 0.368 e. The van der Waals surface area contributed by atoms with E-state index in [-0.39, 0.29) is 25.8 Å². The van der Waals surface area contributed by atoms with Gasteiger partial charge in [-0.2, -0.15) is 0 Å². The molecule has 4 atom stereocenters. The fourth-order valence-electron chi connectivity index (χ4n) is 6.26. The van der Waals surface area contributed by atoms with E-state index >= 15 is 0 Å². The molecule has 0 aliphatic rings. The summed E-state index contributed by atoms with van der Waals surface area (Å²) in [5.41, 5.74) is 20.1.